The van der Waals surface area contributed by atoms with Crippen LogP contribution in [0.2, 0.25) is 0 Å². The molecule has 0 aromatic heterocycles. The van der Waals surface area contributed by atoms with Gasteiger partial charge < -0.3 is 10.2 Å². The van der Waals surface area contributed by atoms with Crippen molar-refractivity contribution < 1.29 is 10.2 Å². The minimum absolute atomic E-state index is 0.0981. The number of phenolic OH excluding ortho intramolecular Hbond substituents is 2. The highest BCUT2D eigenvalue weighted by Gasteiger charge is 2.22. The van der Waals surface area contributed by atoms with Crippen molar-refractivity contribution in [2.75, 3.05) is 7.05 Å². The molecular weight excluding hydrogens is 346 g/mol. The molecule has 0 saturated heterocycles. The van der Waals surface area contributed by atoms with E-state index < -0.39 is 0 Å². The van der Waals surface area contributed by atoms with Gasteiger partial charge in [-0.3, -0.25) is 4.90 Å². The van der Waals surface area contributed by atoms with Gasteiger partial charge in [0.1, 0.15) is 11.5 Å². The molecule has 2 N–H and O–H groups in total. The number of hydrogen-bond acceptors (Lipinski definition) is 3. The summed E-state index contributed by atoms with van der Waals surface area (Å²) < 4.78 is 0. The zero-order valence-electron chi connectivity index (χ0n) is 19.1. The molecule has 0 heterocycles. The van der Waals surface area contributed by atoms with Gasteiger partial charge in [-0.05, 0) is 65.1 Å². The van der Waals surface area contributed by atoms with Gasteiger partial charge in [-0.25, -0.2) is 0 Å². The highest BCUT2D eigenvalue weighted by molar-refractivity contribution is 5.47. The van der Waals surface area contributed by atoms with Crippen molar-refractivity contribution in [3.63, 3.8) is 0 Å². The minimum Gasteiger partial charge on any atom is -0.507 e. The number of aryl methyl sites for hydroxylation is 2. The first-order valence-electron chi connectivity index (χ1n) is 10.0. The van der Waals surface area contributed by atoms with Gasteiger partial charge in [-0.2, -0.15) is 0 Å². The van der Waals surface area contributed by atoms with Gasteiger partial charge in [0.05, 0.1) is 0 Å². The lowest BCUT2D eigenvalue weighted by Gasteiger charge is -2.25. The lowest BCUT2D eigenvalue weighted by atomic mass is 9.84. The fourth-order valence-electron chi connectivity index (χ4n) is 3.71. The van der Waals surface area contributed by atoms with Crippen LogP contribution in [0.5, 0.6) is 11.5 Å². The summed E-state index contributed by atoms with van der Waals surface area (Å²) in [4.78, 5) is 2.27. The zero-order chi connectivity index (χ0) is 21.4. The minimum atomic E-state index is -0.0981. The topological polar surface area (TPSA) is 43.7 Å². The van der Waals surface area contributed by atoms with Crippen LogP contribution in [0.4, 0.5) is 0 Å². The summed E-state index contributed by atoms with van der Waals surface area (Å²) in [5.41, 5.74) is 6.04. The molecule has 0 aliphatic heterocycles. The zero-order valence-corrected chi connectivity index (χ0v) is 19.1. The van der Waals surface area contributed by atoms with Crippen LogP contribution in [0.1, 0.15) is 74.9 Å². The van der Waals surface area contributed by atoms with Crippen molar-refractivity contribution in [1.29, 1.82) is 0 Å². The van der Waals surface area contributed by atoms with E-state index in [1.165, 1.54) is 11.1 Å². The smallest absolute Gasteiger partial charge is 0.122 e. The Morgan fingerprint density at radius 1 is 0.679 bits per heavy atom. The third kappa shape index (κ3) is 5.08. The first-order valence-corrected chi connectivity index (χ1v) is 10.0. The molecule has 3 heteroatoms. The molecule has 2 rings (SSSR count). The molecule has 2 aromatic rings. The van der Waals surface area contributed by atoms with Gasteiger partial charge in [0, 0.05) is 13.1 Å². The van der Waals surface area contributed by atoms with Crippen molar-refractivity contribution >= 4 is 0 Å². The van der Waals surface area contributed by atoms with Crippen molar-refractivity contribution in [3.05, 3.63) is 57.6 Å². The van der Waals surface area contributed by atoms with Gasteiger partial charge >= 0.3 is 0 Å². The summed E-state index contributed by atoms with van der Waals surface area (Å²) in [5, 5.41) is 20.9. The normalized spacial score (nSPS) is 12.6. The molecule has 0 atom stereocenters. The first-order chi connectivity index (χ1) is 12.7. The second-order valence-corrected chi connectivity index (χ2v) is 10.3. The number of aromatic hydroxyl groups is 2. The molecule has 2 aromatic carbocycles. The highest BCUT2D eigenvalue weighted by Crippen LogP contribution is 2.36. The number of benzene rings is 2. The van der Waals surface area contributed by atoms with Gasteiger partial charge in [-0.15, -0.1) is 0 Å². The molecule has 0 aliphatic rings. The van der Waals surface area contributed by atoms with Crippen molar-refractivity contribution in [3.8, 4) is 11.5 Å². The van der Waals surface area contributed by atoms with Gasteiger partial charge in [0.15, 0.2) is 0 Å². The molecule has 0 spiro atoms. The molecule has 0 amide bonds. The Morgan fingerprint density at radius 3 is 1.29 bits per heavy atom. The standard InChI is InChI=1S/C25H37NO2/c1-16-10-18(12-20(22(16)27)24(3,4)5)14-26(9)15-19-11-17(2)23(28)21(13-19)25(6,7)8/h10-13,27-28H,14-15H2,1-9H3. The SMILES string of the molecule is Cc1cc(CN(C)Cc2cc(C)c(O)c(C(C)(C)C)c2)cc(C(C)(C)C)c1O. The summed E-state index contributed by atoms with van der Waals surface area (Å²) in [5.74, 6) is 0.811. The Balaban J connectivity index is 2.27. The van der Waals surface area contributed by atoms with Crippen LogP contribution in [0.3, 0.4) is 0 Å². The molecule has 0 saturated carbocycles. The highest BCUT2D eigenvalue weighted by atomic mass is 16.3. The molecular formula is C25H37NO2. The molecule has 3 nitrogen and oxygen atoms in total. The predicted octanol–water partition coefficient (Wildman–Crippen LogP) is 5.94. The maximum Gasteiger partial charge on any atom is 0.122 e. The maximum absolute atomic E-state index is 10.5. The Hall–Kier alpha value is -2.00. The van der Waals surface area contributed by atoms with Crippen LogP contribution in [0, 0.1) is 13.8 Å². The van der Waals surface area contributed by atoms with Crippen molar-refractivity contribution in [2.45, 2.75) is 79.3 Å². The Labute approximate surface area is 171 Å². The van der Waals surface area contributed by atoms with Gasteiger partial charge in [0.25, 0.3) is 0 Å². The van der Waals surface area contributed by atoms with E-state index >= 15 is 0 Å². The van der Waals surface area contributed by atoms with Crippen LogP contribution in [0.25, 0.3) is 0 Å². The van der Waals surface area contributed by atoms with E-state index in [0.29, 0.717) is 11.5 Å². The summed E-state index contributed by atoms with van der Waals surface area (Å²) >= 11 is 0. The molecule has 0 unspecified atom stereocenters. The Bertz CT molecular complexity index is 783. The first kappa shape index (κ1) is 22.3. The molecule has 154 valence electrons. The maximum atomic E-state index is 10.5. The lowest BCUT2D eigenvalue weighted by Crippen LogP contribution is -2.20. The van der Waals surface area contributed by atoms with Gasteiger partial charge in [0.2, 0.25) is 0 Å². The fourth-order valence-corrected chi connectivity index (χ4v) is 3.71. The number of phenols is 2. The summed E-state index contributed by atoms with van der Waals surface area (Å²) in [6.07, 6.45) is 0. The monoisotopic (exact) mass is 383 g/mol. The molecule has 0 fully saturated rings. The van der Waals surface area contributed by atoms with E-state index in [1.807, 2.05) is 13.8 Å². The van der Waals surface area contributed by atoms with E-state index in [1.54, 1.807) is 0 Å². The van der Waals surface area contributed by atoms with Crippen molar-refractivity contribution in [2.24, 2.45) is 0 Å². The lowest BCUT2D eigenvalue weighted by molar-refractivity contribution is 0.317. The summed E-state index contributed by atoms with van der Waals surface area (Å²) in [6, 6.07) is 8.40. The quantitative estimate of drug-likeness (QED) is 0.686. The number of hydrogen-bond donors (Lipinski definition) is 2. The van der Waals surface area contributed by atoms with Crippen LogP contribution < -0.4 is 0 Å². The van der Waals surface area contributed by atoms with Crippen LogP contribution in [-0.4, -0.2) is 22.2 Å². The third-order valence-electron chi connectivity index (χ3n) is 5.24. The Kier molecular flexibility index (Phi) is 6.20. The largest absolute Gasteiger partial charge is 0.507 e. The van der Waals surface area contributed by atoms with E-state index in [0.717, 1.165) is 35.3 Å². The summed E-state index contributed by atoms with van der Waals surface area (Å²) in [6.45, 7) is 18.3. The van der Waals surface area contributed by atoms with E-state index in [-0.39, 0.29) is 10.8 Å². The van der Waals surface area contributed by atoms with Crippen LogP contribution in [-0.2, 0) is 23.9 Å². The molecule has 0 radical (unpaired) electrons. The summed E-state index contributed by atoms with van der Waals surface area (Å²) in [7, 11) is 2.11. The average molecular weight is 384 g/mol. The van der Waals surface area contributed by atoms with Crippen LogP contribution in [0.15, 0.2) is 24.3 Å². The average Bonchev–Trinajstić information content (AvgIpc) is 2.51. The van der Waals surface area contributed by atoms with Gasteiger partial charge in [-0.1, -0.05) is 65.8 Å². The van der Waals surface area contributed by atoms with E-state index in [9.17, 15) is 10.2 Å². The fraction of sp³-hybridized carbons (Fsp3) is 0.520. The third-order valence-corrected chi connectivity index (χ3v) is 5.24. The molecule has 28 heavy (non-hydrogen) atoms. The number of nitrogens with zero attached hydrogens (tertiary/aromatic N) is 1. The van der Waals surface area contributed by atoms with Crippen LogP contribution >= 0.6 is 0 Å². The van der Waals surface area contributed by atoms with Crippen molar-refractivity contribution in [1.82, 2.24) is 4.90 Å². The predicted molar refractivity (Wildman–Crippen MR) is 118 cm³/mol. The second-order valence-electron chi connectivity index (χ2n) is 10.3. The Morgan fingerprint density at radius 2 is 1.00 bits per heavy atom. The second kappa shape index (κ2) is 7.79. The van der Waals surface area contributed by atoms with E-state index in [2.05, 4.69) is 77.8 Å². The molecule has 0 aliphatic carbocycles. The van der Waals surface area contributed by atoms with E-state index in [4.69, 9.17) is 0 Å². The number of rotatable bonds is 4. The molecule has 0 bridgehead atoms.